The molecule has 0 radical (unpaired) electrons. The third kappa shape index (κ3) is 51.8. The molecule has 0 rings (SSSR count). The van der Waals surface area contributed by atoms with Crippen LogP contribution in [0.4, 0.5) is 0 Å². The van der Waals surface area contributed by atoms with Gasteiger partial charge >= 0.3 is 17.9 Å². The van der Waals surface area contributed by atoms with Crippen LogP contribution in [0.2, 0.25) is 0 Å². The van der Waals surface area contributed by atoms with E-state index >= 15 is 0 Å². The van der Waals surface area contributed by atoms with Gasteiger partial charge in [0.25, 0.3) is 0 Å². The molecule has 6 heteroatoms. The second kappa shape index (κ2) is 54.5. The van der Waals surface area contributed by atoms with Crippen molar-refractivity contribution in [3.05, 3.63) is 72.9 Å². The van der Waals surface area contributed by atoms with Crippen LogP contribution >= 0.6 is 0 Å². The topological polar surface area (TPSA) is 78.9 Å². The Morgan fingerprint density at radius 2 is 0.591 bits per heavy atom. The van der Waals surface area contributed by atoms with Gasteiger partial charge in [-0.15, -0.1) is 0 Å². The van der Waals surface area contributed by atoms with Crippen LogP contribution in [0.15, 0.2) is 72.9 Å². The van der Waals surface area contributed by atoms with Crippen molar-refractivity contribution in [2.75, 3.05) is 13.2 Å². The number of ether oxygens (including phenoxy) is 3. The average Bonchev–Trinajstić information content (AvgIpc) is 3.31. The van der Waals surface area contributed by atoms with Crippen LogP contribution in [0.3, 0.4) is 0 Å². The van der Waals surface area contributed by atoms with Crippen LogP contribution in [0.5, 0.6) is 0 Å². The van der Waals surface area contributed by atoms with Gasteiger partial charge in [0.1, 0.15) is 13.2 Å². The van der Waals surface area contributed by atoms with Gasteiger partial charge in [0, 0.05) is 19.3 Å². The first-order valence-electron chi connectivity index (χ1n) is 27.9. The number of carbonyl (C=O) groups excluding carboxylic acids is 3. The van der Waals surface area contributed by atoms with E-state index in [9.17, 15) is 14.4 Å². The smallest absolute Gasteiger partial charge is 0.306 e. The van der Waals surface area contributed by atoms with Gasteiger partial charge in [-0.1, -0.05) is 254 Å². The summed E-state index contributed by atoms with van der Waals surface area (Å²) in [6, 6.07) is 0. The molecular formula is C60H104O6. The molecule has 0 saturated carbocycles. The van der Waals surface area contributed by atoms with Gasteiger partial charge in [-0.3, -0.25) is 14.4 Å². The first kappa shape index (κ1) is 62.8. The lowest BCUT2D eigenvalue weighted by Gasteiger charge is -2.18. The first-order chi connectivity index (χ1) is 32.5. The quantitative estimate of drug-likeness (QED) is 0.0262. The van der Waals surface area contributed by atoms with E-state index in [0.717, 1.165) is 109 Å². The SMILES string of the molecule is CC/C=C\C/C=C\C/C=C\C/C=C\C/C=C\C/C=C\CCCCCCC(=O)OCC(COC(=O)CCCCCCCCCCCC)OC(=O)CCCCCCCCCCCCCCCCC. The van der Waals surface area contributed by atoms with E-state index in [1.54, 1.807) is 0 Å². The fourth-order valence-corrected chi connectivity index (χ4v) is 7.80. The van der Waals surface area contributed by atoms with E-state index in [1.165, 1.54) is 122 Å². The molecular weight excluding hydrogens is 817 g/mol. The molecule has 0 N–H and O–H groups in total. The fraction of sp³-hybridized carbons (Fsp3) is 0.750. The minimum Gasteiger partial charge on any atom is -0.462 e. The highest BCUT2D eigenvalue weighted by Gasteiger charge is 2.19. The number of unbranched alkanes of at least 4 members (excludes halogenated alkanes) is 27. The third-order valence-corrected chi connectivity index (χ3v) is 12.0. The van der Waals surface area contributed by atoms with Gasteiger partial charge in [0.2, 0.25) is 0 Å². The minimum atomic E-state index is -0.782. The molecule has 0 fully saturated rings. The molecule has 0 aromatic heterocycles. The Labute approximate surface area is 408 Å². The highest BCUT2D eigenvalue weighted by Crippen LogP contribution is 2.16. The van der Waals surface area contributed by atoms with Gasteiger partial charge in [-0.2, -0.15) is 0 Å². The van der Waals surface area contributed by atoms with Crippen LogP contribution in [0.1, 0.15) is 271 Å². The lowest BCUT2D eigenvalue weighted by molar-refractivity contribution is -0.167. The maximum absolute atomic E-state index is 12.8. The van der Waals surface area contributed by atoms with Crippen molar-refractivity contribution in [3.63, 3.8) is 0 Å². The number of hydrogen-bond donors (Lipinski definition) is 0. The van der Waals surface area contributed by atoms with Crippen LogP contribution in [-0.2, 0) is 28.6 Å². The number of hydrogen-bond acceptors (Lipinski definition) is 6. The van der Waals surface area contributed by atoms with E-state index in [1.807, 2.05) is 0 Å². The second-order valence-electron chi connectivity index (χ2n) is 18.5. The Balaban J connectivity index is 4.34. The molecule has 0 aliphatic heterocycles. The molecule has 0 aromatic carbocycles. The monoisotopic (exact) mass is 921 g/mol. The van der Waals surface area contributed by atoms with Gasteiger partial charge in [-0.25, -0.2) is 0 Å². The van der Waals surface area contributed by atoms with Crippen LogP contribution in [0, 0.1) is 0 Å². The van der Waals surface area contributed by atoms with Gasteiger partial charge in [0.05, 0.1) is 0 Å². The summed E-state index contributed by atoms with van der Waals surface area (Å²) in [6.07, 6.45) is 68.9. The average molecular weight is 921 g/mol. The molecule has 0 saturated heterocycles. The lowest BCUT2D eigenvalue weighted by Crippen LogP contribution is -2.30. The predicted octanol–water partition coefficient (Wildman–Crippen LogP) is 18.6. The summed E-state index contributed by atoms with van der Waals surface area (Å²) in [4.78, 5) is 38.0. The maximum atomic E-state index is 12.8. The fourth-order valence-electron chi connectivity index (χ4n) is 7.80. The number of carbonyl (C=O) groups is 3. The summed E-state index contributed by atoms with van der Waals surface area (Å²) in [5.41, 5.74) is 0. The van der Waals surface area contributed by atoms with Crippen molar-refractivity contribution in [1.82, 2.24) is 0 Å². The number of rotatable bonds is 50. The molecule has 0 spiro atoms. The Morgan fingerprint density at radius 1 is 0.318 bits per heavy atom. The van der Waals surface area contributed by atoms with Crippen molar-refractivity contribution < 1.29 is 28.6 Å². The molecule has 1 atom stereocenters. The van der Waals surface area contributed by atoms with E-state index < -0.39 is 6.10 Å². The van der Waals surface area contributed by atoms with Crippen LogP contribution < -0.4 is 0 Å². The molecule has 66 heavy (non-hydrogen) atoms. The summed E-state index contributed by atoms with van der Waals surface area (Å²) in [5, 5.41) is 0. The zero-order chi connectivity index (χ0) is 47.9. The van der Waals surface area contributed by atoms with E-state index in [4.69, 9.17) is 14.2 Å². The number of esters is 3. The van der Waals surface area contributed by atoms with Gasteiger partial charge < -0.3 is 14.2 Å². The van der Waals surface area contributed by atoms with Crippen molar-refractivity contribution in [3.8, 4) is 0 Å². The Morgan fingerprint density at radius 3 is 0.924 bits per heavy atom. The molecule has 380 valence electrons. The molecule has 1 unspecified atom stereocenters. The predicted molar refractivity (Wildman–Crippen MR) is 284 cm³/mol. The standard InChI is InChI=1S/C60H104O6/c1-4-7-10-13-16-19-22-24-26-27-28-29-30-31-32-33-35-36-38-41-44-47-50-53-59(62)65-56-57(55-64-58(61)52-49-46-43-40-21-18-15-12-9-6-3)66-60(63)54-51-48-45-42-39-37-34-25-23-20-17-14-11-8-5-2/h7,10,16,19,24,26,28-29,31-32,35-36,57H,4-6,8-9,11-15,17-18,20-23,25,27,30,33-34,37-56H2,1-3H3/b10-7-,19-16-,26-24-,29-28-,32-31-,36-35-. The van der Waals surface area contributed by atoms with Crippen LogP contribution in [-0.4, -0.2) is 37.2 Å². The lowest BCUT2D eigenvalue weighted by atomic mass is 10.0. The highest BCUT2D eigenvalue weighted by atomic mass is 16.6. The zero-order valence-electron chi connectivity index (χ0n) is 43.4. The van der Waals surface area contributed by atoms with Crippen molar-refractivity contribution in [1.29, 1.82) is 0 Å². The molecule has 0 aromatic rings. The molecule has 0 bridgehead atoms. The van der Waals surface area contributed by atoms with Crippen LogP contribution in [0.25, 0.3) is 0 Å². The molecule has 0 heterocycles. The summed E-state index contributed by atoms with van der Waals surface area (Å²) in [5.74, 6) is -0.899. The Hall–Kier alpha value is -3.15. The van der Waals surface area contributed by atoms with Gasteiger partial charge in [-0.05, 0) is 70.6 Å². The van der Waals surface area contributed by atoms with Crippen molar-refractivity contribution in [2.24, 2.45) is 0 Å². The van der Waals surface area contributed by atoms with Gasteiger partial charge in [0.15, 0.2) is 6.10 Å². The largest absolute Gasteiger partial charge is 0.462 e. The Bertz CT molecular complexity index is 1240. The molecule has 6 nitrogen and oxygen atoms in total. The third-order valence-electron chi connectivity index (χ3n) is 12.0. The molecule has 0 aliphatic carbocycles. The zero-order valence-corrected chi connectivity index (χ0v) is 43.4. The van der Waals surface area contributed by atoms with E-state index in [0.29, 0.717) is 19.3 Å². The second-order valence-corrected chi connectivity index (χ2v) is 18.5. The van der Waals surface area contributed by atoms with Crippen molar-refractivity contribution in [2.45, 2.75) is 277 Å². The first-order valence-corrected chi connectivity index (χ1v) is 27.9. The van der Waals surface area contributed by atoms with E-state index in [-0.39, 0.29) is 31.1 Å². The Kier molecular flexibility index (Phi) is 51.9. The van der Waals surface area contributed by atoms with Crippen molar-refractivity contribution >= 4 is 17.9 Å². The van der Waals surface area contributed by atoms with E-state index in [2.05, 4.69) is 93.7 Å². The highest BCUT2D eigenvalue weighted by molar-refractivity contribution is 5.71. The molecule has 0 aliphatic rings. The summed E-state index contributed by atoms with van der Waals surface area (Å²) < 4.78 is 16.8. The summed E-state index contributed by atoms with van der Waals surface area (Å²) in [6.45, 7) is 6.51. The summed E-state index contributed by atoms with van der Waals surface area (Å²) in [7, 11) is 0. The summed E-state index contributed by atoms with van der Waals surface area (Å²) >= 11 is 0. The normalized spacial score (nSPS) is 12.6. The molecule has 0 amide bonds. The maximum Gasteiger partial charge on any atom is 0.306 e. The minimum absolute atomic E-state index is 0.0803. The number of allylic oxidation sites excluding steroid dienone is 12.